The molecular weight excluding hydrogens is 314 g/mol. The second-order valence-corrected chi connectivity index (χ2v) is 5.04. The van der Waals surface area contributed by atoms with Gasteiger partial charge in [-0.05, 0) is 37.6 Å². The maximum Gasteiger partial charge on any atom is 0.335 e. The average Bonchev–Trinajstić information content (AvgIpc) is 2.55. The highest BCUT2D eigenvalue weighted by atomic mass is 16.5. The maximum absolute atomic E-state index is 12.1. The largest absolute Gasteiger partial charge is 0.497 e. The van der Waals surface area contributed by atoms with Crippen LogP contribution >= 0.6 is 0 Å². The fourth-order valence-corrected chi connectivity index (χ4v) is 2.22. The molecular formula is C16H19N3O5. The Labute approximate surface area is 137 Å². The van der Waals surface area contributed by atoms with E-state index in [1.54, 1.807) is 31.2 Å². The van der Waals surface area contributed by atoms with Crippen LogP contribution in [0.3, 0.4) is 0 Å². The Morgan fingerprint density at radius 1 is 1.29 bits per heavy atom. The van der Waals surface area contributed by atoms with Gasteiger partial charge >= 0.3 is 5.69 Å². The highest BCUT2D eigenvalue weighted by Gasteiger charge is 2.17. The zero-order valence-corrected chi connectivity index (χ0v) is 13.4. The van der Waals surface area contributed by atoms with E-state index in [-0.39, 0.29) is 17.9 Å². The molecule has 1 heterocycles. The number of aromatic amines is 1. The Hall–Kier alpha value is -2.87. The smallest absolute Gasteiger partial charge is 0.335 e. The Morgan fingerprint density at radius 3 is 2.54 bits per heavy atom. The molecule has 0 bridgehead atoms. The van der Waals surface area contributed by atoms with Gasteiger partial charge in [0.2, 0.25) is 5.88 Å². The number of rotatable bonds is 6. The van der Waals surface area contributed by atoms with E-state index in [0.29, 0.717) is 24.4 Å². The van der Waals surface area contributed by atoms with Gasteiger partial charge in [-0.15, -0.1) is 0 Å². The number of nitrogens with zero attached hydrogens (tertiary/aromatic N) is 2. The number of aliphatic hydroxyl groups is 1. The van der Waals surface area contributed by atoms with Gasteiger partial charge in [0.15, 0.2) is 0 Å². The summed E-state index contributed by atoms with van der Waals surface area (Å²) in [5.74, 6) is 0.108. The van der Waals surface area contributed by atoms with Crippen LogP contribution < -0.4 is 16.0 Å². The number of H-pyrrole nitrogens is 1. The van der Waals surface area contributed by atoms with Gasteiger partial charge in [-0.25, -0.2) is 9.36 Å². The lowest BCUT2D eigenvalue weighted by atomic mass is 10.2. The molecule has 0 radical (unpaired) electrons. The standard InChI is InChI=1S/C16H19N3O5/c1-10(17-8-3-9-20)13-14(21)18-16(23)19(15(13)22)11-4-6-12(24-2)7-5-11/h4-7,20,22H,3,8-9H2,1-2H3,(H,18,21,23). The van der Waals surface area contributed by atoms with Crippen LogP contribution in [-0.2, 0) is 0 Å². The third-order valence-corrected chi connectivity index (χ3v) is 3.44. The van der Waals surface area contributed by atoms with Gasteiger partial charge in [-0.1, -0.05) is 0 Å². The molecule has 0 aliphatic rings. The number of hydrogen-bond donors (Lipinski definition) is 3. The quantitative estimate of drug-likeness (QED) is 0.523. The van der Waals surface area contributed by atoms with Crippen LogP contribution in [0.2, 0.25) is 0 Å². The number of benzene rings is 1. The summed E-state index contributed by atoms with van der Waals surface area (Å²) in [4.78, 5) is 30.4. The maximum atomic E-state index is 12.1. The molecule has 2 aromatic rings. The molecule has 0 aliphatic carbocycles. The van der Waals surface area contributed by atoms with Gasteiger partial charge in [0.25, 0.3) is 5.56 Å². The van der Waals surface area contributed by atoms with Crippen LogP contribution in [0.4, 0.5) is 0 Å². The summed E-state index contributed by atoms with van der Waals surface area (Å²) in [5, 5.41) is 19.2. The molecule has 0 spiro atoms. The van der Waals surface area contributed by atoms with Crippen molar-refractivity contribution in [2.75, 3.05) is 20.3 Å². The fraction of sp³-hybridized carbons (Fsp3) is 0.312. The number of hydrogen-bond acceptors (Lipinski definition) is 6. The number of aromatic nitrogens is 2. The van der Waals surface area contributed by atoms with Crippen molar-refractivity contribution >= 4 is 5.71 Å². The van der Waals surface area contributed by atoms with Crippen molar-refractivity contribution in [2.24, 2.45) is 4.99 Å². The lowest BCUT2D eigenvalue weighted by Gasteiger charge is -2.12. The Morgan fingerprint density at radius 2 is 1.96 bits per heavy atom. The molecule has 0 aliphatic heterocycles. The predicted molar refractivity (Wildman–Crippen MR) is 89.7 cm³/mol. The van der Waals surface area contributed by atoms with Crippen LogP contribution in [0.25, 0.3) is 5.69 Å². The molecule has 1 aromatic carbocycles. The summed E-state index contributed by atoms with van der Waals surface area (Å²) in [7, 11) is 1.52. The minimum Gasteiger partial charge on any atom is -0.497 e. The Kier molecular flexibility index (Phi) is 5.54. The van der Waals surface area contributed by atoms with E-state index in [4.69, 9.17) is 9.84 Å². The summed E-state index contributed by atoms with van der Waals surface area (Å²) in [6.45, 7) is 1.85. The molecule has 0 fully saturated rings. The first-order valence-electron chi connectivity index (χ1n) is 7.34. The molecule has 0 saturated carbocycles. The van der Waals surface area contributed by atoms with Crippen molar-refractivity contribution in [3.8, 4) is 17.3 Å². The first kappa shape index (κ1) is 17.5. The molecule has 2 rings (SSSR count). The topological polar surface area (TPSA) is 117 Å². The van der Waals surface area contributed by atoms with Gasteiger partial charge in [0.05, 0.1) is 12.8 Å². The van der Waals surface area contributed by atoms with Crippen molar-refractivity contribution in [1.29, 1.82) is 0 Å². The van der Waals surface area contributed by atoms with Gasteiger partial charge < -0.3 is 14.9 Å². The molecule has 3 N–H and O–H groups in total. The zero-order valence-electron chi connectivity index (χ0n) is 13.4. The molecule has 0 unspecified atom stereocenters. The van der Waals surface area contributed by atoms with E-state index in [1.807, 2.05) is 0 Å². The molecule has 24 heavy (non-hydrogen) atoms. The van der Waals surface area contributed by atoms with Gasteiger partial charge in [-0.3, -0.25) is 14.8 Å². The van der Waals surface area contributed by atoms with E-state index >= 15 is 0 Å². The first-order chi connectivity index (χ1) is 11.5. The van der Waals surface area contributed by atoms with Crippen LogP contribution in [0, 0.1) is 0 Å². The van der Waals surface area contributed by atoms with Crippen LogP contribution in [0.1, 0.15) is 18.9 Å². The minimum atomic E-state index is -0.755. The molecule has 0 atom stereocenters. The monoisotopic (exact) mass is 333 g/mol. The lowest BCUT2D eigenvalue weighted by Crippen LogP contribution is -2.32. The van der Waals surface area contributed by atoms with Crippen LogP contribution in [-0.4, -0.2) is 45.7 Å². The second kappa shape index (κ2) is 7.60. The van der Waals surface area contributed by atoms with Crippen molar-refractivity contribution in [2.45, 2.75) is 13.3 Å². The van der Waals surface area contributed by atoms with E-state index in [2.05, 4.69) is 9.98 Å². The first-order valence-corrected chi connectivity index (χ1v) is 7.34. The van der Waals surface area contributed by atoms with Crippen molar-refractivity contribution in [1.82, 2.24) is 9.55 Å². The number of aromatic hydroxyl groups is 1. The fourth-order valence-electron chi connectivity index (χ4n) is 2.22. The zero-order chi connectivity index (χ0) is 17.7. The van der Waals surface area contributed by atoms with E-state index in [0.717, 1.165) is 4.57 Å². The third kappa shape index (κ3) is 3.54. The summed E-state index contributed by atoms with van der Waals surface area (Å²) in [5.41, 5.74) is -0.895. The molecule has 0 saturated heterocycles. The Bertz CT molecular complexity index is 849. The Balaban J connectivity index is 2.57. The summed E-state index contributed by atoms with van der Waals surface area (Å²) < 4.78 is 6.04. The van der Waals surface area contributed by atoms with Crippen LogP contribution in [0.15, 0.2) is 38.8 Å². The molecule has 8 nitrogen and oxygen atoms in total. The molecule has 1 aromatic heterocycles. The van der Waals surface area contributed by atoms with Gasteiger partial charge in [0, 0.05) is 18.9 Å². The molecule has 128 valence electrons. The van der Waals surface area contributed by atoms with Crippen LogP contribution in [0.5, 0.6) is 11.6 Å². The third-order valence-electron chi connectivity index (χ3n) is 3.44. The SMILES string of the molecule is COc1ccc(-n2c(O)c(C(C)=NCCCO)c(=O)[nH]c2=O)cc1. The minimum absolute atomic E-state index is 0.0233. The lowest BCUT2D eigenvalue weighted by molar-refractivity contribution is 0.291. The number of aliphatic imine (C=N–C) groups is 1. The van der Waals surface area contributed by atoms with E-state index in [1.165, 1.54) is 7.11 Å². The summed E-state index contributed by atoms with van der Waals surface area (Å²) in [6, 6.07) is 6.43. The normalized spacial score (nSPS) is 11.5. The van der Waals surface area contributed by atoms with E-state index < -0.39 is 17.1 Å². The van der Waals surface area contributed by atoms with Crippen molar-refractivity contribution in [3.63, 3.8) is 0 Å². The number of ether oxygens (including phenoxy) is 1. The molecule has 0 amide bonds. The van der Waals surface area contributed by atoms with Gasteiger partial charge in [-0.2, -0.15) is 0 Å². The molecule has 8 heteroatoms. The number of nitrogens with one attached hydrogen (secondary N) is 1. The highest BCUT2D eigenvalue weighted by molar-refractivity contribution is 6.00. The number of methoxy groups -OCH3 is 1. The summed E-state index contributed by atoms with van der Waals surface area (Å²) >= 11 is 0. The second-order valence-electron chi connectivity index (χ2n) is 5.04. The highest BCUT2D eigenvalue weighted by Crippen LogP contribution is 2.19. The van der Waals surface area contributed by atoms with E-state index in [9.17, 15) is 14.7 Å². The van der Waals surface area contributed by atoms with Gasteiger partial charge in [0.1, 0.15) is 11.3 Å². The summed E-state index contributed by atoms with van der Waals surface area (Å²) in [6.07, 6.45) is 0.439. The van der Waals surface area contributed by atoms with Crippen molar-refractivity contribution < 1.29 is 14.9 Å². The average molecular weight is 333 g/mol. The van der Waals surface area contributed by atoms with Crippen molar-refractivity contribution in [3.05, 3.63) is 50.7 Å². The number of aliphatic hydroxyl groups excluding tert-OH is 1. The predicted octanol–water partition coefficient (Wildman–Crippen LogP) is 0.431.